The van der Waals surface area contributed by atoms with Gasteiger partial charge in [-0.25, -0.2) is 4.98 Å². The van der Waals surface area contributed by atoms with Gasteiger partial charge in [0.25, 0.3) is 5.91 Å². The van der Waals surface area contributed by atoms with Crippen molar-refractivity contribution in [1.82, 2.24) is 10.3 Å². The third kappa shape index (κ3) is 3.51. The number of amides is 1. The van der Waals surface area contributed by atoms with Gasteiger partial charge < -0.3 is 16.2 Å². The van der Waals surface area contributed by atoms with Gasteiger partial charge in [-0.1, -0.05) is 6.92 Å². The minimum absolute atomic E-state index is 0.0168. The van der Waals surface area contributed by atoms with E-state index < -0.39 is 0 Å². The van der Waals surface area contributed by atoms with E-state index in [1.165, 1.54) is 6.20 Å². The maximum Gasteiger partial charge on any atom is 0.270 e. The minimum Gasteiger partial charge on any atom is -0.397 e. The Balaban J connectivity index is 2.60. The van der Waals surface area contributed by atoms with E-state index in [2.05, 4.69) is 10.3 Å². The largest absolute Gasteiger partial charge is 0.397 e. The maximum absolute atomic E-state index is 11.7. The molecule has 16 heavy (non-hydrogen) atoms. The van der Waals surface area contributed by atoms with Gasteiger partial charge in [0.15, 0.2) is 0 Å². The Kier molecular flexibility index (Phi) is 4.72. The first-order valence-electron chi connectivity index (χ1n) is 5.30. The van der Waals surface area contributed by atoms with Crippen LogP contribution in [0.15, 0.2) is 18.3 Å². The lowest BCUT2D eigenvalue weighted by molar-refractivity contribution is 0.0924. The number of anilines is 1. The average Bonchev–Trinajstić information content (AvgIpc) is 2.29. The Labute approximate surface area is 94.7 Å². The standard InChI is InChI=1S/C11H17N3O2/c1-2-9(5-6-15)14-11(16)10-4-3-8(12)7-13-10/h3-4,7,9,15H,2,5-6,12H2,1H3,(H,14,16). The summed E-state index contributed by atoms with van der Waals surface area (Å²) >= 11 is 0. The molecular weight excluding hydrogens is 206 g/mol. The van der Waals surface area contributed by atoms with Crippen molar-refractivity contribution in [3.05, 3.63) is 24.0 Å². The van der Waals surface area contributed by atoms with Gasteiger partial charge in [0, 0.05) is 12.6 Å². The lowest BCUT2D eigenvalue weighted by Gasteiger charge is -2.15. The molecule has 0 aromatic carbocycles. The fourth-order valence-electron chi connectivity index (χ4n) is 1.33. The molecule has 1 amide bonds. The number of pyridine rings is 1. The molecule has 0 aliphatic heterocycles. The predicted molar refractivity (Wildman–Crippen MR) is 61.9 cm³/mol. The number of carbonyl (C=O) groups excluding carboxylic acids is 1. The Hall–Kier alpha value is -1.62. The van der Waals surface area contributed by atoms with Crippen LogP contribution in [0.1, 0.15) is 30.3 Å². The lowest BCUT2D eigenvalue weighted by atomic mass is 10.1. The highest BCUT2D eigenvalue weighted by Gasteiger charge is 2.12. The molecule has 1 aromatic rings. The van der Waals surface area contributed by atoms with Crippen LogP contribution in [-0.4, -0.2) is 28.6 Å². The number of nitrogens with one attached hydrogen (secondary N) is 1. The summed E-state index contributed by atoms with van der Waals surface area (Å²) in [6, 6.07) is 3.20. The Bertz CT molecular complexity index is 338. The van der Waals surface area contributed by atoms with Crippen LogP contribution in [0.25, 0.3) is 0 Å². The van der Waals surface area contributed by atoms with E-state index in [4.69, 9.17) is 10.8 Å². The zero-order valence-corrected chi connectivity index (χ0v) is 9.31. The number of aromatic nitrogens is 1. The molecule has 1 rings (SSSR count). The molecule has 5 nitrogen and oxygen atoms in total. The van der Waals surface area contributed by atoms with E-state index in [1.54, 1.807) is 12.1 Å². The number of nitrogen functional groups attached to an aromatic ring is 1. The van der Waals surface area contributed by atoms with Gasteiger partial charge in [-0.15, -0.1) is 0 Å². The first-order chi connectivity index (χ1) is 7.67. The zero-order valence-electron chi connectivity index (χ0n) is 9.31. The number of nitrogens with two attached hydrogens (primary N) is 1. The summed E-state index contributed by atoms with van der Waals surface area (Å²) < 4.78 is 0. The molecule has 0 saturated carbocycles. The molecule has 0 aliphatic rings. The normalized spacial score (nSPS) is 12.1. The first kappa shape index (κ1) is 12.4. The molecule has 0 spiro atoms. The monoisotopic (exact) mass is 223 g/mol. The second-order valence-electron chi connectivity index (χ2n) is 3.57. The van der Waals surface area contributed by atoms with Crippen LogP contribution >= 0.6 is 0 Å². The third-order valence-corrected chi connectivity index (χ3v) is 2.32. The van der Waals surface area contributed by atoms with E-state index in [-0.39, 0.29) is 18.6 Å². The van der Waals surface area contributed by atoms with Crippen molar-refractivity contribution in [3.8, 4) is 0 Å². The molecule has 1 aromatic heterocycles. The van der Waals surface area contributed by atoms with Gasteiger partial charge in [-0.3, -0.25) is 4.79 Å². The second-order valence-corrected chi connectivity index (χ2v) is 3.57. The van der Waals surface area contributed by atoms with Crippen LogP contribution in [0.3, 0.4) is 0 Å². The SMILES string of the molecule is CCC(CCO)NC(=O)c1ccc(N)cn1. The number of nitrogens with zero attached hydrogens (tertiary/aromatic N) is 1. The van der Waals surface area contributed by atoms with Crippen LogP contribution in [-0.2, 0) is 0 Å². The molecule has 1 unspecified atom stereocenters. The number of aliphatic hydroxyl groups is 1. The zero-order chi connectivity index (χ0) is 12.0. The molecule has 0 radical (unpaired) electrons. The molecule has 0 saturated heterocycles. The summed E-state index contributed by atoms with van der Waals surface area (Å²) in [6.07, 6.45) is 2.78. The smallest absolute Gasteiger partial charge is 0.270 e. The minimum atomic E-state index is -0.236. The summed E-state index contributed by atoms with van der Waals surface area (Å²) in [4.78, 5) is 15.6. The molecule has 0 bridgehead atoms. The van der Waals surface area contributed by atoms with Crippen molar-refractivity contribution >= 4 is 11.6 Å². The molecule has 1 heterocycles. The number of hydrogen-bond donors (Lipinski definition) is 3. The number of carbonyl (C=O) groups is 1. The molecule has 0 fully saturated rings. The Morgan fingerprint density at radius 3 is 2.88 bits per heavy atom. The summed E-state index contributed by atoms with van der Waals surface area (Å²) in [6.45, 7) is 2.02. The second kappa shape index (κ2) is 6.07. The van der Waals surface area contributed by atoms with Gasteiger partial charge in [0.05, 0.1) is 11.9 Å². The van der Waals surface area contributed by atoms with Crippen molar-refractivity contribution in [2.75, 3.05) is 12.3 Å². The highest BCUT2D eigenvalue weighted by atomic mass is 16.3. The fraction of sp³-hybridized carbons (Fsp3) is 0.455. The first-order valence-corrected chi connectivity index (χ1v) is 5.30. The average molecular weight is 223 g/mol. The van der Waals surface area contributed by atoms with Crippen LogP contribution in [0.2, 0.25) is 0 Å². The maximum atomic E-state index is 11.7. The molecule has 1 atom stereocenters. The van der Waals surface area contributed by atoms with Gasteiger partial charge >= 0.3 is 0 Å². The summed E-state index contributed by atoms with van der Waals surface area (Å²) in [7, 11) is 0. The van der Waals surface area contributed by atoms with Crippen molar-refractivity contribution in [2.45, 2.75) is 25.8 Å². The van der Waals surface area contributed by atoms with Crippen LogP contribution in [0.4, 0.5) is 5.69 Å². The van der Waals surface area contributed by atoms with Gasteiger partial charge in [0.2, 0.25) is 0 Å². The summed E-state index contributed by atoms with van der Waals surface area (Å²) in [5.74, 6) is -0.236. The van der Waals surface area contributed by atoms with Crippen molar-refractivity contribution < 1.29 is 9.90 Å². The number of aliphatic hydroxyl groups excluding tert-OH is 1. The van der Waals surface area contributed by atoms with Crippen LogP contribution in [0, 0.1) is 0 Å². The van der Waals surface area contributed by atoms with Crippen molar-refractivity contribution in [1.29, 1.82) is 0 Å². The summed E-state index contributed by atoms with van der Waals surface area (Å²) in [5.41, 5.74) is 6.34. The molecular formula is C11H17N3O2. The van der Waals surface area contributed by atoms with E-state index in [1.807, 2.05) is 6.92 Å². The van der Waals surface area contributed by atoms with Crippen molar-refractivity contribution in [3.63, 3.8) is 0 Å². The molecule has 88 valence electrons. The van der Waals surface area contributed by atoms with Gasteiger partial charge in [0.1, 0.15) is 5.69 Å². The highest BCUT2D eigenvalue weighted by Crippen LogP contribution is 2.03. The molecule has 0 aliphatic carbocycles. The molecule has 5 heteroatoms. The van der Waals surface area contributed by atoms with Crippen LogP contribution in [0.5, 0.6) is 0 Å². The number of hydrogen-bond acceptors (Lipinski definition) is 4. The predicted octanol–water partition coefficient (Wildman–Crippen LogP) is 0.555. The van der Waals surface area contributed by atoms with E-state index in [0.717, 1.165) is 6.42 Å². The topological polar surface area (TPSA) is 88.2 Å². The van der Waals surface area contributed by atoms with E-state index >= 15 is 0 Å². The summed E-state index contributed by atoms with van der Waals surface area (Å²) in [5, 5.41) is 11.6. The van der Waals surface area contributed by atoms with Gasteiger partial charge in [-0.05, 0) is 25.0 Å². The third-order valence-electron chi connectivity index (χ3n) is 2.32. The Morgan fingerprint density at radius 2 is 2.38 bits per heavy atom. The van der Waals surface area contributed by atoms with Crippen molar-refractivity contribution in [2.24, 2.45) is 0 Å². The number of rotatable bonds is 5. The van der Waals surface area contributed by atoms with Crippen LogP contribution < -0.4 is 11.1 Å². The molecule has 4 N–H and O–H groups in total. The lowest BCUT2D eigenvalue weighted by Crippen LogP contribution is -2.35. The van der Waals surface area contributed by atoms with Gasteiger partial charge in [-0.2, -0.15) is 0 Å². The quantitative estimate of drug-likeness (QED) is 0.680. The van der Waals surface area contributed by atoms with E-state index in [9.17, 15) is 4.79 Å². The fourth-order valence-corrected chi connectivity index (χ4v) is 1.33. The Morgan fingerprint density at radius 1 is 1.62 bits per heavy atom. The van der Waals surface area contributed by atoms with E-state index in [0.29, 0.717) is 17.8 Å². The highest BCUT2D eigenvalue weighted by molar-refractivity contribution is 5.92.